The number of hydrogen-bond donors (Lipinski definition) is 0. The fourth-order valence-electron chi connectivity index (χ4n) is 6.80. The number of halogens is 1. The maximum absolute atomic E-state index is 13.3. The number of allylic oxidation sites excluding steroid dienone is 6. The normalized spacial score (nSPS) is 40.3. The van der Waals surface area contributed by atoms with E-state index in [1.165, 1.54) is 50.2 Å². The van der Waals surface area contributed by atoms with E-state index in [1.54, 1.807) is 17.3 Å². The summed E-state index contributed by atoms with van der Waals surface area (Å²) in [5.41, 5.74) is 6.27. The maximum atomic E-state index is 13.3. The number of hydrogen-bond acceptors (Lipinski definition) is 1. The highest BCUT2D eigenvalue weighted by molar-refractivity contribution is 5.78. The Kier molecular flexibility index (Phi) is 3.80. The standard InChI is InChI=1S/C25H30FN/c1-16-10-12-24(2)18(14-16)5-6-19-21-8-7-20(17-4-9-23(26)27-15-17)25(21,3)13-11-22(19)24/h4-5,7-9,15-16,19,22H,6,10-14H2,1-3H3/t16-,19-,22-,24-,25+/m0/s1. The lowest BCUT2D eigenvalue weighted by Crippen LogP contribution is -2.46. The molecule has 4 aliphatic rings. The number of nitrogens with zero attached hydrogens (tertiary/aromatic N) is 1. The third-order valence-corrected chi connectivity index (χ3v) is 8.44. The topological polar surface area (TPSA) is 12.9 Å². The molecule has 0 unspecified atom stereocenters. The van der Waals surface area contributed by atoms with Gasteiger partial charge in [0.05, 0.1) is 0 Å². The Morgan fingerprint density at radius 3 is 2.74 bits per heavy atom. The predicted octanol–water partition coefficient (Wildman–Crippen LogP) is 6.73. The summed E-state index contributed by atoms with van der Waals surface area (Å²) < 4.78 is 13.3. The molecule has 1 aromatic heterocycles. The van der Waals surface area contributed by atoms with Crippen molar-refractivity contribution in [2.24, 2.45) is 28.6 Å². The Morgan fingerprint density at radius 2 is 1.96 bits per heavy atom. The lowest BCUT2D eigenvalue weighted by Gasteiger charge is -2.56. The lowest BCUT2D eigenvalue weighted by atomic mass is 9.48. The van der Waals surface area contributed by atoms with Gasteiger partial charge < -0.3 is 0 Å². The van der Waals surface area contributed by atoms with Gasteiger partial charge in [-0.25, -0.2) is 4.98 Å². The second-order valence-electron chi connectivity index (χ2n) is 9.89. The summed E-state index contributed by atoms with van der Waals surface area (Å²) in [6, 6.07) is 3.38. The molecule has 1 aromatic rings. The summed E-state index contributed by atoms with van der Waals surface area (Å²) >= 11 is 0. The van der Waals surface area contributed by atoms with E-state index in [-0.39, 0.29) is 5.41 Å². The fourth-order valence-corrected chi connectivity index (χ4v) is 6.80. The Morgan fingerprint density at radius 1 is 1.11 bits per heavy atom. The molecule has 2 saturated carbocycles. The Labute approximate surface area is 162 Å². The van der Waals surface area contributed by atoms with Crippen LogP contribution in [0.1, 0.15) is 64.9 Å². The smallest absolute Gasteiger partial charge is 0.212 e. The highest BCUT2D eigenvalue weighted by Gasteiger charge is 2.53. The van der Waals surface area contributed by atoms with Crippen molar-refractivity contribution in [3.63, 3.8) is 0 Å². The summed E-state index contributed by atoms with van der Waals surface area (Å²) in [5.74, 6) is 1.89. The van der Waals surface area contributed by atoms with E-state index >= 15 is 0 Å². The van der Waals surface area contributed by atoms with Crippen LogP contribution in [-0.4, -0.2) is 4.98 Å². The van der Waals surface area contributed by atoms with Crippen LogP contribution in [0.3, 0.4) is 0 Å². The van der Waals surface area contributed by atoms with Crippen LogP contribution in [-0.2, 0) is 0 Å². The average Bonchev–Trinajstić information content (AvgIpc) is 3.00. The molecule has 1 heterocycles. The zero-order valence-corrected chi connectivity index (χ0v) is 16.8. The van der Waals surface area contributed by atoms with Crippen LogP contribution in [0, 0.1) is 34.5 Å². The molecule has 1 nitrogen and oxygen atoms in total. The molecule has 5 atom stereocenters. The monoisotopic (exact) mass is 363 g/mol. The van der Waals surface area contributed by atoms with Gasteiger partial charge in [0.15, 0.2) is 0 Å². The SMILES string of the molecule is C[C@H]1CC[C@@]2(C)C(=CC[C@H]3C4=CC=C(c5ccc(F)nc5)[C@@]4(C)CC[C@@H]32)C1. The van der Waals surface area contributed by atoms with Gasteiger partial charge in [0.25, 0.3) is 0 Å². The second kappa shape index (κ2) is 5.90. The maximum Gasteiger partial charge on any atom is 0.212 e. The highest BCUT2D eigenvalue weighted by atomic mass is 19.1. The molecule has 2 heteroatoms. The van der Waals surface area contributed by atoms with Gasteiger partial charge in [-0.2, -0.15) is 4.39 Å². The molecule has 0 aliphatic heterocycles. The molecule has 4 aliphatic carbocycles. The molecule has 0 aromatic carbocycles. The van der Waals surface area contributed by atoms with Crippen LogP contribution in [0.25, 0.3) is 5.57 Å². The minimum atomic E-state index is -0.399. The van der Waals surface area contributed by atoms with Gasteiger partial charge in [-0.3, -0.25) is 0 Å². The first-order chi connectivity index (χ1) is 12.9. The van der Waals surface area contributed by atoms with Crippen molar-refractivity contribution in [3.8, 4) is 0 Å². The summed E-state index contributed by atoms with van der Waals surface area (Å²) in [7, 11) is 0. The molecule has 5 rings (SSSR count). The number of rotatable bonds is 1. The third-order valence-electron chi connectivity index (χ3n) is 8.44. The van der Waals surface area contributed by atoms with Gasteiger partial charge in [-0.05, 0) is 85.0 Å². The summed E-state index contributed by atoms with van der Waals surface area (Å²) in [6.07, 6.45) is 16.7. The van der Waals surface area contributed by atoms with Crippen LogP contribution < -0.4 is 0 Å². The Bertz CT molecular complexity index is 861. The molecule has 142 valence electrons. The first-order valence-corrected chi connectivity index (χ1v) is 10.7. The average molecular weight is 364 g/mol. The van der Waals surface area contributed by atoms with Crippen molar-refractivity contribution in [3.05, 3.63) is 59.2 Å². The molecule has 2 fully saturated rings. The zero-order valence-electron chi connectivity index (χ0n) is 16.8. The lowest BCUT2D eigenvalue weighted by molar-refractivity contribution is 0.0682. The predicted molar refractivity (Wildman–Crippen MR) is 108 cm³/mol. The van der Waals surface area contributed by atoms with E-state index in [9.17, 15) is 4.39 Å². The molecule has 0 N–H and O–H groups in total. The van der Waals surface area contributed by atoms with E-state index in [2.05, 4.69) is 44.0 Å². The van der Waals surface area contributed by atoms with Crippen molar-refractivity contribution in [1.82, 2.24) is 4.98 Å². The molecular weight excluding hydrogens is 333 g/mol. The van der Waals surface area contributed by atoms with E-state index in [4.69, 9.17) is 0 Å². The number of aromatic nitrogens is 1. The largest absolute Gasteiger partial charge is 0.228 e. The molecule has 0 spiro atoms. The summed E-state index contributed by atoms with van der Waals surface area (Å²) in [4.78, 5) is 3.91. The minimum Gasteiger partial charge on any atom is -0.228 e. The number of pyridine rings is 1. The van der Waals surface area contributed by atoms with Crippen LogP contribution >= 0.6 is 0 Å². The van der Waals surface area contributed by atoms with Crippen LogP contribution in [0.2, 0.25) is 0 Å². The van der Waals surface area contributed by atoms with Crippen LogP contribution in [0.5, 0.6) is 0 Å². The zero-order chi connectivity index (χ0) is 18.8. The Hall–Kier alpha value is -1.70. The fraction of sp³-hybridized carbons (Fsp3) is 0.560. The van der Waals surface area contributed by atoms with E-state index in [0.717, 1.165) is 17.4 Å². The van der Waals surface area contributed by atoms with Crippen LogP contribution in [0.15, 0.2) is 47.7 Å². The second-order valence-corrected chi connectivity index (χ2v) is 9.89. The van der Waals surface area contributed by atoms with Gasteiger partial charge in [0, 0.05) is 11.6 Å². The van der Waals surface area contributed by atoms with Crippen LogP contribution in [0.4, 0.5) is 4.39 Å². The minimum absolute atomic E-state index is 0.0876. The van der Waals surface area contributed by atoms with Crippen molar-refractivity contribution in [1.29, 1.82) is 0 Å². The first kappa shape index (κ1) is 17.4. The molecule has 0 radical (unpaired) electrons. The Balaban J connectivity index is 1.48. The van der Waals surface area contributed by atoms with Gasteiger partial charge in [-0.15, -0.1) is 0 Å². The first-order valence-electron chi connectivity index (χ1n) is 10.7. The van der Waals surface area contributed by atoms with E-state index < -0.39 is 5.95 Å². The summed E-state index contributed by atoms with van der Waals surface area (Å²) in [5, 5.41) is 0. The third kappa shape index (κ3) is 2.45. The molecule has 27 heavy (non-hydrogen) atoms. The van der Waals surface area contributed by atoms with E-state index in [1.807, 2.05) is 6.07 Å². The van der Waals surface area contributed by atoms with Crippen molar-refractivity contribution < 1.29 is 4.39 Å². The van der Waals surface area contributed by atoms with E-state index in [0.29, 0.717) is 11.3 Å². The summed E-state index contributed by atoms with van der Waals surface area (Å²) in [6.45, 7) is 7.37. The molecule has 0 bridgehead atoms. The van der Waals surface area contributed by atoms with Gasteiger partial charge in [0.1, 0.15) is 0 Å². The molecular formula is C25H30FN. The number of fused-ring (bicyclic) bond motifs is 5. The van der Waals surface area contributed by atoms with Gasteiger partial charge in [0.2, 0.25) is 5.95 Å². The van der Waals surface area contributed by atoms with Gasteiger partial charge in [-0.1, -0.05) is 50.1 Å². The van der Waals surface area contributed by atoms with Crippen molar-refractivity contribution in [2.75, 3.05) is 0 Å². The highest BCUT2D eigenvalue weighted by Crippen LogP contribution is 2.65. The molecule has 0 saturated heterocycles. The quantitative estimate of drug-likeness (QED) is 0.398. The molecule has 0 amide bonds. The van der Waals surface area contributed by atoms with Crippen molar-refractivity contribution in [2.45, 2.75) is 59.3 Å². The van der Waals surface area contributed by atoms with Gasteiger partial charge >= 0.3 is 0 Å². The van der Waals surface area contributed by atoms with Crippen molar-refractivity contribution >= 4 is 5.57 Å².